The Morgan fingerprint density at radius 3 is 2.71 bits per heavy atom. The Kier molecular flexibility index (Phi) is 4.72. The van der Waals surface area contributed by atoms with Crippen LogP contribution in [-0.4, -0.2) is 17.6 Å². The Labute approximate surface area is 110 Å². The van der Waals surface area contributed by atoms with Crippen molar-refractivity contribution in [2.45, 2.75) is 19.5 Å². The van der Waals surface area contributed by atoms with E-state index in [1.54, 1.807) is 6.92 Å². The van der Waals surface area contributed by atoms with Gasteiger partial charge in [-0.1, -0.05) is 0 Å². The summed E-state index contributed by atoms with van der Waals surface area (Å²) in [4.78, 5) is 14.5. The number of pyridine rings is 1. The first-order valence-corrected chi connectivity index (χ1v) is 5.79. The number of hydrogen-bond donors (Lipinski definition) is 0. The second-order valence-electron chi connectivity index (χ2n) is 3.14. The first kappa shape index (κ1) is 14.2. The first-order valence-electron chi connectivity index (χ1n) is 4.71. The van der Waals surface area contributed by atoms with E-state index in [2.05, 4.69) is 9.72 Å². The molecule has 0 spiro atoms. The van der Waals surface area contributed by atoms with Crippen LogP contribution in [0.4, 0.5) is 13.2 Å². The number of hydrogen-bond acceptors (Lipinski definition) is 3. The molecule has 0 aromatic carbocycles. The lowest BCUT2D eigenvalue weighted by molar-refractivity contribution is -0.144. The number of rotatable bonds is 3. The molecule has 94 valence electrons. The van der Waals surface area contributed by atoms with E-state index in [1.807, 2.05) is 22.6 Å². The highest BCUT2D eigenvalue weighted by atomic mass is 127. The molecule has 0 fully saturated rings. The van der Waals surface area contributed by atoms with Crippen molar-refractivity contribution in [2.24, 2.45) is 0 Å². The highest BCUT2D eigenvalue weighted by Gasteiger charge is 2.35. The van der Waals surface area contributed by atoms with Crippen LogP contribution in [0, 0.1) is 3.57 Å². The number of halogens is 4. The molecule has 1 rings (SSSR count). The Balaban J connectivity index is 3.04. The lowest BCUT2D eigenvalue weighted by Gasteiger charge is -2.11. The molecule has 17 heavy (non-hydrogen) atoms. The van der Waals surface area contributed by atoms with Gasteiger partial charge >= 0.3 is 12.1 Å². The van der Waals surface area contributed by atoms with E-state index in [0.29, 0.717) is 3.57 Å². The van der Waals surface area contributed by atoms with Gasteiger partial charge in [0, 0.05) is 9.77 Å². The molecule has 0 aliphatic rings. The summed E-state index contributed by atoms with van der Waals surface area (Å²) in [5.41, 5.74) is -1.20. The van der Waals surface area contributed by atoms with Crippen molar-refractivity contribution in [3.05, 3.63) is 27.1 Å². The fourth-order valence-electron chi connectivity index (χ4n) is 1.24. The maximum absolute atomic E-state index is 12.6. The predicted molar refractivity (Wildman–Crippen MR) is 62.3 cm³/mol. The number of nitrogens with zero attached hydrogens (tertiary/aromatic N) is 1. The summed E-state index contributed by atoms with van der Waals surface area (Å²) >= 11 is 1.84. The number of esters is 1. The molecule has 1 aromatic rings. The SMILES string of the molecule is CCOC(=O)Cc1cc(I)cnc1C(F)(F)F. The second-order valence-corrected chi connectivity index (χ2v) is 4.39. The monoisotopic (exact) mass is 359 g/mol. The fourth-order valence-corrected chi connectivity index (χ4v) is 1.75. The number of alkyl halides is 3. The van der Waals surface area contributed by atoms with Gasteiger partial charge in [-0.15, -0.1) is 0 Å². The normalized spacial score (nSPS) is 11.4. The third-order valence-electron chi connectivity index (χ3n) is 1.84. The zero-order valence-electron chi connectivity index (χ0n) is 8.84. The van der Waals surface area contributed by atoms with E-state index < -0.39 is 24.3 Å². The molecule has 0 aliphatic carbocycles. The standard InChI is InChI=1S/C10H9F3INO2/c1-2-17-8(16)4-6-3-7(14)5-15-9(6)10(11,12)13/h3,5H,2,4H2,1H3. The molecule has 0 N–H and O–H groups in total. The highest BCUT2D eigenvalue weighted by molar-refractivity contribution is 14.1. The van der Waals surface area contributed by atoms with Crippen LogP contribution in [0.5, 0.6) is 0 Å². The lowest BCUT2D eigenvalue weighted by Crippen LogP contribution is -2.16. The number of carbonyl (C=O) groups is 1. The number of aromatic nitrogens is 1. The number of carbonyl (C=O) groups excluding carboxylic acids is 1. The van der Waals surface area contributed by atoms with Crippen molar-refractivity contribution >= 4 is 28.6 Å². The molecular formula is C10H9F3INO2. The Morgan fingerprint density at radius 2 is 2.18 bits per heavy atom. The summed E-state index contributed by atoms with van der Waals surface area (Å²) in [7, 11) is 0. The van der Waals surface area contributed by atoms with Gasteiger partial charge in [0.05, 0.1) is 13.0 Å². The van der Waals surface area contributed by atoms with E-state index in [0.717, 1.165) is 6.20 Å². The Bertz CT molecular complexity index is 421. The third-order valence-corrected chi connectivity index (χ3v) is 2.43. The van der Waals surface area contributed by atoms with Crippen LogP contribution in [0.15, 0.2) is 12.3 Å². The Morgan fingerprint density at radius 1 is 1.53 bits per heavy atom. The zero-order chi connectivity index (χ0) is 13.1. The smallest absolute Gasteiger partial charge is 0.433 e. The van der Waals surface area contributed by atoms with Gasteiger partial charge in [0.2, 0.25) is 0 Å². The van der Waals surface area contributed by atoms with Crippen molar-refractivity contribution in [2.75, 3.05) is 6.61 Å². The van der Waals surface area contributed by atoms with Crippen molar-refractivity contribution < 1.29 is 22.7 Å². The van der Waals surface area contributed by atoms with Crippen molar-refractivity contribution in [3.8, 4) is 0 Å². The van der Waals surface area contributed by atoms with Crippen LogP contribution in [0.2, 0.25) is 0 Å². The number of ether oxygens (including phenoxy) is 1. The molecule has 0 saturated carbocycles. The quantitative estimate of drug-likeness (QED) is 0.616. The highest BCUT2D eigenvalue weighted by Crippen LogP contribution is 2.31. The summed E-state index contributed by atoms with van der Waals surface area (Å²) in [5.74, 6) is -0.693. The molecule has 3 nitrogen and oxygen atoms in total. The average molecular weight is 359 g/mol. The maximum atomic E-state index is 12.6. The molecule has 0 atom stereocenters. The second kappa shape index (κ2) is 5.65. The molecule has 0 radical (unpaired) electrons. The summed E-state index contributed by atoms with van der Waals surface area (Å²) in [5, 5.41) is 0. The summed E-state index contributed by atoms with van der Waals surface area (Å²) in [6.07, 6.45) is -3.88. The molecule has 1 heterocycles. The minimum absolute atomic E-state index is 0.136. The van der Waals surface area contributed by atoms with Gasteiger partial charge < -0.3 is 4.74 Å². The molecule has 7 heteroatoms. The molecular weight excluding hydrogens is 350 g/mol. The molecule has 1 aromatic heterocycles. The summed E-state index contributed by atoms with van der Waals surface area (Å²) in [6, 6.07) is 1.29. The van der Waals surface area contributed by atoms with Gasteiger partial charge in [-0.3, -0.25) is 9.78 Å². The predicted octanol–water partition coefficient (Wildman–Crippen LogP) is 2.81. The lowest BCUT2D eigenvalue weighted by atomic mass is 10.1. The molecule has 0 aliphatic heterocycles. The van der Waals surface area contributed by atoms with Crippen molar-refractivity contribution in [3.63, 3.8) is 0 Å². The third kappa shape index (κ3) is 4.14. The minimum atomic E-state index is -4.56. The minimum Gasteiger partial charge on any atom is -0.466 e. The van der Waals surface area contributed by atoms with Crippen LogP contribution < -0.4 is 0 Å². The van der Waals surface area contributed by atoms with Gasteiger partial charge in [-0.2, -0.15) is 13.2 Å². The Hall–Kier alpha value is -0.860. The van der Waals surface area contributed by atoms with E-state index in [4.69, 9.17) is 0 Å². The first-order chi connectivity index (χ1) is 7.84. The largest absolute Gasteiger partial charge is 0.466 e. The van der Waals surface area contributed by atoms with Gasteiger partial charge in [0.25, 0.3) is 0 Å². The van der Waals surface area contributed by atoms with E-state index in [1.165, 1.54) is 6.07 Å². The topological polar surface area (TPSA) is 39.2 Å². The summed E-state index contributed by atoms with van der Waals surface area (Å²) < 4.78 is 43.0. The zero-order valence-corrected chi connectivity index (χ0v) is 11.0. The van der Waals surface area contributed by atoms with Gasteiger partial charge in [-0.05, 0) is 41.1 Å². The van der Waals surface area contributed by atoms with Crippen molar-refractivity contribution in [1.29, 1.82) is 0 Å². The van der Waals surface area contributed by atoms with Crippen molar-refractivity contribution in [1.82, 2.24) is 4.98 Å². The average Bonchev–Trinajstić information content (AvgIpc) is 2.15. The van der Waals surface area contributed by atoms with E-state index >= 15 is 0 Å². The van der Waals surface area contributed by atoms with Crippen LogP contribution >= 0.6 is 22.6 Å². The van der Waals surface area contributed by atoms with Crippen LogP contribution in [0.1, 0.15) is 18.2 Å². The maximum Gasteiger partial charge on any atom is 0.433 e. The molecule has 0 amide bonds. The summed E-state index contributed by atoms with van der Waals surface area (Å²) in [6.45, 7) is 1.73. The van der Waals surface area contributed by atoms with E-state index in [-0.39, 0.29) is 12.2 Å². The van der Waals surface area contributed by atoms with Crippen LogP contribution in [0.3, 0.4) is 0 Å². The fraction of sp³-hybridized carbons (Fsp3) is 0.400. The van der Waals surface area contributed by atoms with E-state index in [9.17, 15) is 18.0 Å². The molecule has 0 unspecified atom stereocenters. The van der Waals surface area contributed by atoms with Crippen LogP contribution in [0.25, 0.3) is 0 Å². The van der Waals surface area contributed by atoms with Gasteiger partial charge in [0.1, 0.15) is 5.69 Å². The molecule has 0 saturated heterocycles. The van der Waals surface area contributed by atoms with Gasteiger partial charge in [-0.25, -0.2) is 0 Å². The van der Waals surface area contributed by atoms with Crippen LogP contribution in [-0.2, 0) is 22.1 Å². The van der Waals surface area contributed by atoms with Gasteiger partial charge in [0.15, 0.2) is 0 Å². The molecule has 0 bridgehead atoms.